The van der Waals surface area contributed by atoms with E-state index in [1.807, 2.05) is 37.3 Å². The van der Waals surface area contributed by atoms with Gasteiger partial charge in [-0.05, 0) is 72.7 Å². The molecule has 0 aliphatic carbocycles. The number of halogens is 1. The highest BCUT2D eigenvalue weighted by atomic mass is 19.1. The molecule has 1 aromatic carbocycles. The normalized spacial score (nSPS) is 18.2. The molecule has 1 fully saturated rings. The highest BCUT2D eigenvalue weighted by molar-refractivity contribution is 5.67. The molecule has 2 N–H and O–H groups in total. The molecule has 1 aliphatic heterocycles. The van der Waals surface area contributed by atoms with Crippen LogP contribution in [0.4, 0.5) is 21.8 Å². The molecule has 0 spiro atoms. The van der Waals surface area contributed by atoms with E-state index in [1.54, 1.807) is 6.20 Å². The van der Waals surface area contributed by atoms with Gasteiger partial charge < -0.3 is 10.6 Å². The Balaban J connectivity index is 1.53. The van der Waals surface area contributed by atoms with E-state index in [0.29, 0.717) is 11.8 Å². The van der Waals surface area contributed by atoms with Crippen LogP contribution in [0.5, 0.6) is 0 Å². The minimum absolute atomic E-state index is 0.0101. The number of nitrogens with one attached hydrogen (secondary N) is 2. The van der Waals surface area contributed by atoms with E-state index in [1.165, 1.54) is 6.20 Å². The summed E-state index contributed by atoms with van der Waals surface area (Å²) >= 11 is 0. The first kappa shape index (κ1) is 23.0. The van der Waals surface area contributed by atoms with Crippen LogP contribution in [0.15, 0.2) is 42.7 Å². The van der Waals surface area contributed by atoms with Crippen molar-refractivity contribution in [2.75, 3.05) is 17.7 Å². The van der Waals surface area contributed by atoms with E-state index < -0.39 is 5.82 Å². The average Bonchev–Trinajstić information content (AvgIpc) is 2.74. The van der Waals surface area contributed by atoms with Crippen LogP contribution in [-0.4, -0.2) is 49.0 Å². The Morgan fingerprint density at radius 3 is 2.45 bits per heavy atom. The molecule has 174 valence electrons. The Bertz CT molecular complexity index is 1130. The molecule has 7 nitrogen and oxygen atoms in total. The molecule has 4 rings (SSSR count). The van der Waals surface area contributed by atoms with Gasteiger partial charge in [0.1, 0.15) is 5.82 Å². The molecule has 2 aromatic heterocycles. The fourth-order valence-electron chi connectivity index (χ4n) is 4.70. The summed E-state index contributed by atoms with van der Waals surface area (Å²) in [5.41, 5.74) is 2.55. The number of piperidine rings is 1. The highest BCUT2D eigenvalue weighted by Crippen LogP contribution is 2.38. The summed E-state index contributed by atoms with van der Waals surface area (Å²) in [5.74, 6) is 0.807. The predicted molar refractivity (Wildman–Crippen MR) is 130 cm³/mol. The molecular formula is C25H32FN7. The quantitative estimate of drug-likeness (QED) is 0.555. The Kier molecular flexibility index (Phi) is 6.05. The van der Waals surface area contributed by atoms with Gasteiger partial charge in [0.05, 0.1) is 11.9 Å². The molecule has 1 aliphatic rings. The van der Waals surface area contributed by atoms with Crippen LogP contribution >= 0.6 is 0 Å². The second-order valence-corrected chi connectivity index (χ2v) is 10.0. The molecule has 0 atom stereocenters. The maximum Gasteiger partial charge on any atom is 0.229 e. The number of benzene rings is 1. The van der Waals surface area contributed by atoms with Crippen molar-refractivity contribution < 1.29 is 4.39 Å². The summed E-state index contributed by atoms with van der Waals surface area (Å²) in [5, 5.41) is 6.53. The summed E-state index contributed by atoms with van der Waals surface area (Å²) < 4.78 is 14.6. The summed E-state index contributed by atoms with van der Waals surface area (Å²) in [6, 6.07) is 9.76. The summed E-state index contributed by atoms with van der Waals surface area (Å²) in [6.45, 7) is 10.7. The van der Waals surface area contributed by atoms with Crippen LogP contribution in [0.2, 0.25) is 0 Å². The van der Waals surface area contributed by atoms with Gasteiger partial charge in [0.25, 0.3) is 0 Å². The third-order valence-corrected chi connectivity index (χ3v) is 6.58. The van der Waals surface area contributed by atoms with Gasteiger partial charge in [-0.2, -0.15) is 4.98 Å². The van der Waals surface area contributed by atoms with Gasteiger partial charge >= 0.3 is 0 Å². The van der Waals surface area contributed by atoms with Crippen molar-refractivity contribution in [2.45, 2.75) is 64.6 Å². The van der Waals surface area contributed by atoms with Crippen molar-refractivity contribution >= 4 is 17.5 Å². The van der Waals surface area contributed by atoms with Crippen molar-refractivity contribution in [1.82, 2.24) is 24.8 Å². The van der Waals surface area contributed by atoms with Crippen molar-refractivity contribution in [3.05, 3.63) is 54.4 Å². The summed E-state index contributed by atoms with van der Waals surface area (Å²) in [4.78, 5) is 19.6. The maximum absolute atomic E-state index is 14.6. The zero-order valence-corrected chi connectivity index (χ0v) is 20.1. The monoisotopic (exact) mass is 449 g/mol. The van der Waals surface area contributed by atoms with Gasteiger partial charge in [-0.3, -0.25) is 4.90 Å². The van der Waals surface area contributed by atoms with E-state index in [9.17, 15) is 4.39 Å². The fraction of sp³-hybridized carbons (Fsp3) is 0.440. The van der Waals surface area contributed by atoms with Gasteiger partial charge in [-0.15, -0.1) is 0 Å². The molecule has 0 unspecified atom stereocenters. The standard InChI is InChI=1S/C25H32FN7/c1-16-27-11-10-21(29-16)17-8-7-9-18(12-17)31-23-28-15-20(26)22(32-23)30-19-13-24(2,3)33(6)25(4,5)14-19/h7-12,15,19H,13-14H2,1-6H3,(H2,28,30,31,32). The number of anilines is 3. The van der Waals surface area contributed by atoms with Crippen LogP contribution in [0.3, 0.4) is 0 Å². The van der Waals surface area contributed by atoms with Gasteiger partial charge in [0.2, 0.25) is 5.95 Å². The minimum Gasteiger partial charge on any atom is -0.365 e. The topological polar surface area (TPSA) is 78.9 Å². The largest absolute Gasteiger partial charge is 0.365 e. The molecule has 1 saturated heterocycles. The van der Waals surface area contributed by atoms with Crippen LogP contribution < -0.4 is 10.6 Å². The lowest BCUT2D eigenvalue weighted by molar-refractivity contribution is -0.00778. The number of hydrogen-bond donors (Lipinski definition) is 2. The minimum atomic E-state index is -0.458. The number of aryl methyl sites for hydroxylation is 1. The number of likely N-dealkylation sites (tertiary alicyclic amines) is 1. The van der Waals surface area contributed by atoms with Crippen molar-refractivity contribution in [2.24, 2.45) is 0 Å². The molecule has 3 heterocycles. The maximum atomic E-state index is 14.6. The third kappa shape index (κ3) is 5.11. The molecule has 8 heteroatoms. The number of rotatable bonds is 5. The smallest absolute Gasteiger partial charge is 0.229 e. The van der Waals surface area contributed by atoms with Gasteiger partial charge in [-0.1, -0.05) is 12.1 Å². The van der Waals surface area contributed by atoms with Crippen LogP contribution in [0.1, 0.15) is 46.4 Å². The lowest BCUT2D eigenvalue weighted by Gasteiger charge is -2.53. The van der Waals surface area contributed by atoms with Crippen molar-refractivity contribution in [1.29, 1.82) is 0 Å². The first-order valence-electron chi connectivity index (χ1n) is 11.2. The second kappa shape index (κ2) is 8.67. The molecule has 0 radical (unpaired) electrons. The first-order valence-corrected chi connectivity index (χ1v) is 11.2. The molecule has 0 saturated carbocycles. The molecule has 0 amide bonds. The number of aromatic nitrogens is 4. The summed E-state index contributed by atoms with van der Waals surface area (Å²) in [6.07, 6.45) is 4.73. The van der Waals surface area contributed by atoms with E-state index in [-0.39, 0.29) is 22.9 Å². The van der Waals surface area contributed by atoms with Crippen LogP contribution in [-0.2, 0) is 0 Å². The van der Waals surface area contributed by atoms with Crippen LogP contribution in [0.25, 0.3) is 11.3 Å². The van der Waals surface area contributed by atoms with E-state index in [2.05, 4.69) is 70.2 Å². The SMILES string of the molecule is Cc1nccc(-c2cccc(Nc3ncc(F)c(NC4CC(C)(C)N(C)C(C)(C)C4)n3)c2)n1. The van der Waals surface area contributed by atoms with Crippen molar-refractivity contribution in [3.63, 3.8) is 0 Å². The lowest BCUT2D eigenvalue weighted by Crippen LogP contribution is -2.61. The zero-order chi connectivity index (χ0) is 23.8. The second-order valence-electron chi connectivity index (χ2n) is 10.0. The van der Waals surface area contributed by atoms with Gasteiger partial charge in [0, 0.05) is 34.6 Å². The van der Waals surface area contributed by atoms with Crippen molar-refractivity contribution in [3.8, 4) is 11.3 Å². The number of hydrogen-bond acceptors (Lipinski definition) is 7. The molecule has 33 heavy (non-hydrogen) atoms. The predicted octanol–water partition coefficient (Wildman–Crippen LogP) is 5.19. The Hall–Kier alpha value is -3.13. The molecular weight excluding hydrogens is 417 g/mol. The fourth-order valence-corrected chi connectivity index (χ4v) is 4.70. The number of nitrogens with zero attached hydrogens (tertiary/aromatic N) is 5. The third-order valence-electron chi connectivity index (χ3n) is 6.58. The Morgan fingerprint density at radius 2 is 1.76 bits per heavy atom. The van der Waals surface area contributed by atoms with E-state index >= 15 is 0 Å². The van der Waals surface area contributed by atoms with Gasteiger partial charge in [-0.25, -0.2) is 19.3 Å². The highest BCUT2D eigenvalue weighted by Gasteiger charge is 2.43. The Morgan fingerprint density at radius 1 is 1.03 bits per heavy atom. The molecule has 0 bridgehead atoms. The zero-order valence-electron chi connectivity index (χ0n) is 20.1. The summed E-state index contributed by atoms with van der Waals surface area (Å²) in [7, 11) is 2.15. The average molecular weight is 450 g/mol. The Labute approximate surface area is 194 Å². The first-order chi connectivity index (χ1) is 15.5. The van der Waals surface area contributed by atoms with E-state index in [0.717, 1.165) is 29.8 Å². The van der Waals surface area contributed by atoms with Crippen LogP contribution in [0, 0.1) is 12.7 Å². The lowest BCUT2D eigenvalue weighted by atomic mass is 9.77. The molecule has 3 aromatic rings. The van der Waals surface area contributed by atoms with E-state index in [4.69, 9.17) is 0 Å². The van der Waals surface area contributed by atoms with Gasteiger partial charge in [0.15, 0.2) is 11.6 Å².